The second-order valence-electron chi connectivity index (χ2n) is 14.7. The summed E-state index contributed by atoms with van der Waals surface area (Å²) in [6.45, 7) is -0.535. The maximum atomic E-state index is 13.3. The quantitative estimate of drug-likeness (QED) is 0.0795. The minimum absolute atomic E-state index is 0.0710. The van der Waals surface area contributed by atoms with Crippen molar-refractivity contribution in [1.82, 2.24) is 23.8 Å². The van der Waals surface area contributed by atoms with Gasteiger partial charge < -0.3 is 33.3 Å². The van der Waals surface area contributed by atoms with E-state index in [-0.39, 0.29) is 85.6 Å². The van der Waals surface area contributed by atoms with Gasteiger partial charge in [-0.3, -0.25) is 28.8 Å². The third-order valence-corrected chi connectivity index (χ3v) is 10.7. The maximum Gasteiger partial charge on any atom is 0.471 e. The van der Waals surface area contributed by atoms with Gasteiger partial charge in [-0.1, -0.05) is 0 Å². The summed E-state index contributed by atoms with van der Waals surface area (Å²) >= 11 is 9.53. The lowest BCUT2D eigenvalue weighted by Gasteiger charge is -2.31. The predicted octanol–water partition coefficient (Wildman–Crippen LogP) is 7.03. The van der Waals surface area contributed by atoms with Crippen molar-refractivity contribution in [3.8, 4) is 11.5 Å². The molecular weight excluding hydrogens is 875 g/mol. The van der Waals surface area contributed by atoms with Crippen LogP contribution < -0.4 is 9.47 Å². The Kier molecular flexibility index (Phi) is 16.1. The molecule has 2 aromatic carbocycles. The summed E-state index contributed by atoms with van der Waals surface area (Å²) in [5, 5.41) is 1.48. The molecule has 4 aromatic rings. The van der Waals surface area contributed by atoms with E-state index in [4.69, 9.17) is 32.7 Å². The zero-order valence-electron chi connectivity index (χ0n) is 34.6. The summed E-state index contributed by atoms with van der Waals surface area (Å²) in [6, 6.07) is 8.49. The molecule has 2 aliphatic rings. The second kappa shape index (κ2) is 20.3. The lowest BCUT2D eigenvalue weighted by molar-refractivity contribution is -0.186. The molecule has 0 bridgehead atoms. The Morgan fingerprint density at radius 1 is 0.677 bits per heavy atom. The smallest absolute Gasteiger partial charge is 0.471 e. The van der Waals surface area contributed by atoms with Gasteiger partial charge in [0.05, 0.1) is 47.3 Å². The number of fused-ring (bicyclic) bond motifs is 2. The van der Waals surface area contributed by atoms with Crippen LogP contribution in [0, 0.1) is 11.8 Å². The van der Waals surface area contributed by atoms with Crippen LogP contribution in [0.15, 0.2) is 42.7 Å². The minimum atomic E-state index is -4.95. The molecular formula is C41H45Cl2F6N5O8. The number of amides is 3. The number of hydrogen-bond acceptors (Lipinski definition) is 8. The van der Waals surface area contributed by atoms with Crippen LogP contribution in [0.5, 0.6) is 11.5 Å². The first kappa shape index (κ1) is 49.4. The topological polar surface area (TPSA) is 140 Å². The molecule has 4 heterocycles. The van der Waals surface area contributed by atoms with Gasteiger partial charge in [-0.25, -0.2) is 0 Å². The first-order valence-corrected chi connectivity index (χ1v) is 20.1. The van der Waals surface area contributed by atoms with Crippen molar-refractivity contribution in [3.05, 3.63) is 59.4 Å². The molecule has 338 valence electrons. The van der Waals surface area contributed by atoms with Crippen LogP contribution >= 0.6 is 23.2 Å². The summed E-state index contributed by atoms with van der Waals surface area (Å²) in [6.07, 6.45) is -5.90. The number of nitrogens with zero attached hydrogens (tertiary/aromatic N) is 5. The van der Waals surface area contributed by atoms with Gasteiger partial charge in [0, 0.05) is 102 Å². The zero-order valence-corrected chi connectivity index (χ0v) is 36.1. The van der Waals surface area contributed by atoms with E-state index in [1.54, 1.807) is 29.8 Å². The highest BCUT2D eigenvalue weighted by Crippen LogP contribution is 2.35. The number of hydrogen-bond donors (Lipinski definition) is 0. The van der Waals surface area contributed by atoms with Crippen molar-refractivity contribution in [3.63, 3.8) is 0 Å². The van der Waals surface area contributed by atoms with E-state index >= 15 is 0 Å². The molecule has 0 unspecified atom stereocenters. The van der Waals surface area contributed by atoms with E-state index < -0.39 is 47.7 Å². The number of likely N-dealkylation sites (N-methyl/N-ethyl adjacent to an activating group) is 1. The molecule has 6 rings (SSSR count). The molecule has 62 heavy (non-hydrogen) atoms. The maximum absolute atomic E-state index is 13.3. The molecule has 2 saturated heterocycles. The number of carbonyl (C=O) groups is 6. The summed E-state index contributed by atoms with van der Waals surface area (Å²) < 4.78 is 89.9. The number of ketones is 3. The number of aromatic nitrogens is 2. The third-order valence-electron chi connectivity index (χ3n) is 10.7. The SMILES string of the molecule is COc1cc2c(cc1C(=O)C1CCN(C(=O)C(F)(F)F)CC1)c(C(=O)C(=O)N(C)C)cn2C.COc1cc2c(ccn2C)cc1C(=O)C1CCN(C(=O)C(F)(F)F)CC1.ClCCl. The number of rotatable bonds is 8. The van der Waals surface area contributed by atoms with Crippen LogP contribution in [0.1, 0.15) is 56.8 Å². The van der Waals surface area contributed by atoms with Gasteiger partial charge in [0.2, 0.25) is 0 Å². The molecule has 0 aliphatic carbocycles. The van der Waals surface area contributed by atoms with Crippen LogP contribution in [0.4, 0.5) is 26.3 Å². The van der Waals surface area contributed by atoms with E-state index in [9.17, 15) is 55.1 Å². The monoisotopic (exact) mass is 919 g/mol. The van der Waals surface area contributed by atoms with Crippen molar-refractivity contribution in [1.29, 1.82) is 0 Å². The predicted molar refractivity (Wildman–Crippen MR) is 218 cm³/mol. The van der Waals surface area contributed by atoms with Crippen molar-refractivity contribution in [2.45, 2.75) is 38.0 Å². The number of methoxy groups -OCH3 is 2. The first-order chi connectivity index (χ1) is 29.0. The fraction of sp³-hybridized carbons (Fsp3) is 0.463. The average molecular weight is 921 g/mol. The highest BCUT2D eigenvalue weighted by molar-refractivity contribution is 6.45. The Labute approximate surface area is 362 Å². The number of carbonyl (C=O) groups excluding carboxylic acids is 6. The molecule has 2 fully saturated rings. The van der Waals surface area contributed by atoms with Crippen LogP contribution in [-0.4, -0.2) is 131 Å². The second-order valence-corrected chi connectivity index (χ2v) is 15.6. The lowest BCUT2D eigenvalue weighted by Crippen LogP contribution is -2.46. The molecule has 0 atom stereocenters. The Hall–Kier alpha value is -5.30. The largest absolute Gasteiger partial charge is 0.496 e. The molecule has 2 aliphatic heterocycles. The number of halogens is 8. The lowest BCUT2D eigenvalue weighted by atomic mass is 9.87. The van der Waals surface area contributed by atoms with E-state index in [1.807, 2.05) is 23.9 Å². The summed E-state index contributed by atoms with van der Waals surface area (Å²) in [4.78, 5) is 76.4. The molecule has 3 amide bonds. The first-order valence-electron chi connectivity index (χ1n) is 19.0. The molecule has 21 heteroatoms. The van der Waals surface area contributed by atoms with Crippen molar-refractivity contribution < 1.29 is 64.6 Å². The van der Waals surface area contributed by atoms with Crippen molar-refractivity contribution in [2.75, 3.05) is 59.8 Å². The average Bonchev–Trinajstić information content (AvgIpc) is 3.77. The van der Waals surface area contributed by atoms with E-state index in [2.05, 4.69) is 0 Å². The number of benzene rings is 2. The minimum Gasteiger partial charge on any atom is -0.496 e. The van der Waals surface area contributed by atoms with Gasteiger partial charge in [-0.05, 0) is 43.9 Å². The van der Waals surface area contributed by atoms with Gasteiger partial charge in [-0.15, -0.1) is 23.2 Å². The highest BCUT2D eigenvalue weighted by atomic mass is 35.5. The number of ether oxygens (including phenoxy) is 2. The third kappa shape index (κ3) is 11.0. The van der Waals surface area contributed by atoms with Crippen molar-refractivity contribution in [2.24, 2.45) is 25.9 Å². The van der Waals surface area contributed by atoms with Crippen LogP contribution in [-0.2, 0) is 28.5 Å². The Morgan fingerprint density at radius 3 is 1.50 bits per heavy atom. The van der Waals surface area contributed by atoms with E-state index in [1.165, 1.54) is 40.6 Å². The molecule has 0 radical (unpaired) electrons. The molecule has 0 spiro atoms. The number of piperidine rings is 2. The standard InChI is InChI=1S/C22H24F3N3O5.C18H19F3N2O3.CH2Cl2/c1-26(2)20(31)19(30)15-11-27(3)16-10-17(33-4)14(9-13(15)16)18(29)12-5-7-28(8-6-12)21(32)22(23,24)25;1-22-6-3-12-9-13(15(26-2)10-14(12)22)16(24)11-4-7-23(8-5-11)17(25)18(19,20)21;2-1-3/h9-12H,5-8H2,1-4H3;3,6,9-11H,4-5,7-8H2,1-2H3;1H2. The number of alkyl halides is 8. The van der Waals surface area contributed by atoms with Crippen LogP contribution in [0.2, 0.25) is 0 Å². The number of Topliss-reactive ketones (excluding diaryl/α,β-unsaturated/α-hetero) is 3. The van der Waals surface area contributed by atoms with Crippen LogP contribution in [0.3, 0.4) is 0 Å². The summed E-state index contributed by atoms with van der Waals surface area (Å²) in [5.41, 5.74) is 2.22. The fourth-order valence-corrected chi connectivity index (χ4v) is 7.42. The Bertz CT molecular complexity index is 2330. The molecule has 0 saturated carbocycles. The number of likely N-dealkylation sites (tertiary alicyclic amines) is 2. The van der Waals surface area contributed by atoms with Gasteiger partial charge >= 0.3 is 24.2 Å². The Morgan fingerprint density at radius 2 is 1.10 bits per heavy atom. The fourth-order valence-electron chi connectivity index (χ4n) is 7.42. The van der Waals surface area contributed by atoms with E-state index in [0.29, 0.717) is 27.1 Å². The van der Waals surface area contributed by atoms with Gasteiger partial charge in [-0.2, -0.15) is 26.3 Å². The number of aryl methyl sites for hydroxylation is 2. The Balaban J connectivity index is 0.000000262. The molecule has 13 nitrogen and oxygen atoms in total. The molecule has 2 aromatic heterocycles. The normalized spacial score (nSPS) is 15.0. The summed E-state index contributed by atoms with van der Waals surface area (Å²) in [7, 11) is 9.35. The summed E-state index contributed by atoms with van der Waals surface area (Å²) in [5.74, 6) is -6.06. The van der Waals surface area contributed by atoms with Crippen LogP contribution in [0.25, 0.3) is 21.8 Å². The van der Waals surface area contributed by atoms with Gasteiger partial charge in [0.1, 0.15) is 11.5 Å². The van der Waals surface area contributed by atoms with Crippen molar-refractivity contribution >= 4 is 80.1 Å². The van der Waals surface area contributed by atoms with E-state index in [0.717, 1.165) is 20.7 Å². The zero-order chi connectivity index (χ0) is 46.4. The highest BCUT2D eigenvalue weighted by Gasteiger charge is 2.45. The van der Waals surface area contributed by atoms with Gasteiger partial charge in [0.15, 0.2) is 11.6 Å². The van der Waals surface area contributed by atoms with Gasteiger partial charge in [0.25, 0.3) is 11.7 Å². The molecule has 0 N–H and O–H groups in total.